The number of fused-ring (bicyclic) bond motifs is 1. The summed E-state index contributed by atoms with van der Waals surface area (Å²) in [7, 11) is 1.89. The van der Waals surface area contributed by atoms with Gasteiger partial charge in [0.25, 0.3) is 0 Å². The number of aromatic nitrogens is 3. The molecule has 1 saturated carbocycles. The first kappa shape index (κ1) is 13.4. The molecular weight excluding hydrogens is 252 g/mol. The van der Waals surface area contributed by atoms with Gasteiger partial charge in [-0.25, -0.2) is 9.97 Å². The minimum Gasteiger partial charge on any atom is -0.396 e. The second kappa shape index (κ2) is 5.40. The summed E-state index contributed by atoms with van der Waals surface area (Å²) in [5.41, 5.74) is 2.11. The summed E-state index contributed by atoms with van der Waals surface area (Å²) < 4.78 is 2.18. The standard InChI is InChI=1S/C15H22N4O/c1-10-13-14(16-2)17-7-8-19(13)15(18-10)12-5-3-11(9-20)4-6-12/h7-8,11-12,20H,3-6,9H2,1-2H3,(H,16,17). The largest absolute Gasteiger partial charge is 0.396 e. The predicted octanol–water partition coefficient (Wildman–Crippen LogP) is 2.35. The van der Waals surface area contributed by atoms with Crippen LogP contribution in [0.2, 0.25) is 0 Å². The number of hydrogen-bond acceptors (Lipinski definition) is 4. The van der Waals surface area contributed by atoms with Crippen LogP contribution in [0.1, 0.15) is 43.1 Å². The first-order valence-electron chi connectivity index (χ1n) is 7.36. The SMILES string of the molecule is CNc1nccn2c(C3CCC(CO)CC3)nc(C)c12. The lowest BCUT2D eigenvalue weighted by atomic mass is 9.82. The smallest absolute Gasteiger partial charge is 0.152 e. The van der Waals surface area contributed by atoms with E-state index < -0.39 is 0 Å². The van der Waals surface area contributed by atoms with Crippen molar-refractivity contribution < 1.29 is 5.11 Å². The van der Waals surface area contributed by atoms with E-state index in [2.05, 4.69) is 14.7 Å². The van der Waals surface area contributed by atoms with Gasteiger partial charge in [-0.3, -0.25) is 4.40 Å². The van der Waals surface area contributed by atoms with Gasteiger partial charge in [0.2, 0.25) is 0 Å². The zero-order valence-electron chi connectivity index (χ0n) is 12.1. The summed E-state index contributed by atoms with van der Waals surface area (Å²) in [6.45, 7) is 2.36. The molecule has 3 rings (SSSR count). The van der Waals surface area contributed by atoms with Crippen molar-refractivity contribution in [1.82, 2.24) is 14.4 Å². The Balaban J connectivity index is 1.97. The van der Waals surface area contributed by atoms with Gasteiger partial charge in [-0.05, 0) is 38.5 Å². The van der Waals surface area contributed by atoms with Crippen molar-refractivity contribution in [2.45, 2.75) is 38.5 Å². The average molecular weight is 274 g/mol. The molecule has 0 atom stereocenters. The van der Waals surface area contributed by atoms with E-state index in [0.717, 1.165) is 48.5 Å². The molecular formula is C15H22N4O. The second-order valence-electron chi connectivity index (χ2n) is 5.70. The number of aliphatic hydroxyl groups is 1. The summed E-state index contributed by atoms with van der Waals surface area (Å²) in [6.07, 6.45) is 8.24. The zero-order valence-corrected chi connectivity index (χ0v) is 12.1. The van der Waals surface area contributed by atoms with Crippen LogP contribution >= 0.6 is 0 Å². The van der Waals surface area contributed by atoms with Gasteiger partial charge in [0.1, 0.15) is 11.3 Å². The van der Waals surface area contributed by atoms with Gasteiger partial charge in [-0.1, -0.05) is 0 Å². The minimum atomic E-state index is 0.321. The van der Waals surface area contributed by atoms with E-state index in [-0.39, 0.29) is 0 Å². The third-order valence-corrected chi connectivity index (χ3v) is 4.46. The Labute approximate surface area is 119 Å². The first-order chi connectivity index (χ1) is 9.74. The Hall–Kier alpha value is -1.62. The van der Waals surface area contributed by atoms with Crippen LogP contribution in [-0.2, 0) is 0 Å². The van der Waals surface area contributed by atoms with E-state index in [1.165, 1.54) is 0 Å². The Bertz CT molecular complexity index is 599. The molecule has 108 valence electrons. The van der Waals surface area contributed by atoms with Crippen molar-refractivity contribution >= 4 is 11.3 Å². The maximum Gasteiger partial charge on any atom is 0.152 e. The molecule has 1 aliphatic rings. The van der Waals surface area contributed by atoms with Gasteiger partial charge in [0.15, 0.2) is 5.82 Å². The van der Waals surface area contributed by atoms with Crippen molar-refractivity contribution in [3.05, 3.63) is 23.9 Å². The maximum atomic E-state index is 9.25. The number of nitrogens with one attached hydrogen (secondary N) is 1. The molecule has 2 heterocycles. The molecule has 0 radical (unpaired) electrons. The molecule has 1 fully saturated rings. The van der Waals surface area contributed by atoms with Gasteiger partial charge in [0.05, 0.1) is 5.69 Å². The van der Waals surface area contributed by atoms with Crippen LogP contribution in [-0.4, -0.2) is 33.1 Å². The van der Waals surface area contributed by atoms with Gasteiger partial charge in [-0.2, -0.15) is 0 Å². The summed E-state index contributed by atoms with van der Waals surface area (Å²) >= 11 is 0. The molecule has 0 amide bonds. The van der Waals surface area contributed by atoms with E-state index in [9.17, 15) is 5.11 Å². The normalized spacial score (nSPS) is 23.1. The summed E-state index contributed by atoms with van der Waals surface area (Å²) in [5.74, 6) is 3.00. The summed E-state index contributed by atoms with van der Waals surface area (Å²) in [5, 5.41) is 12.4. The summed E-state index contributed by atoms with van der Waals surface area (Å²) in [4.78, 5) is 9.16. The van der Waals surface area contributed by atoms with Gasteiger partial charge in [0, 0.05) is 32.0 Å². The molecule has 1 aliphatic carbocycles. The lowest BCUT2D eigenvalue weighted by Crippen LogP contribution is -2.17. The van der Waals surface area contributed by atoms with Crippen molar-refractivity contribution in [3.8, 4) is 0 Å². The number of anilines is 1. The van der Waals surface area contributed by atoms with Gasteiger partial charge in [-0.15, -0.1) is 0 Å². The predicted molar refractivity (Wildman–Crippen MR) is 79.1 cm³/mol. The number of nitrogens with zero attached hydrogens (tertiary/aromatic N) is 3. The monoisotopic (exact) mass is 274 g/mol. The molecule has 0 aliphatic heterocycles. The van der Waals surface area contributed by atoms with E-state index in [4.69, 9.17) is 4.98 Å². The zero-order chi connectivity index (χ0) is 14.1. The van der Waals surface area contributed by atoms with Crippen molar-refractivity contribution in [2.24, 2.45) is 5.92 Å². The van der Waals surface area contributed by atoms with Crippen LogP contribution in [0.5, 0.6) is 0 Å². The highest BCUT2D eigenvalue weighted by Gasteiger charge is 2.26. The fourth-order valence-electron chi connectivity index (χ4n) is 3.31. The number of imidazole rings is 1. The number of hydrogen-bond donors (Lipinski definition) is 2. The molecule has 2 aromatic heterocycles. The molecule has 5 nitrogen and oxygen atoms in total. The second-order valence-corrected chi connectivity index (χ2v) is 5.70. The topological polar surface area (TPSA) is 62.5 Å². The van der Waals surface area contributed by atoms with Crippen molar-refractivity contribution in [1.29, 1.82) is 0 Å². The van der Waals surface area contributed by atoms with Crippen LogP contribution in [0, 0.1) is 12.8 Å². The fourth-order valence-corrected chi connectivity index (χ4v) is 3.31. The lowest BCUT2D eigenvalue weighted by Gasteiger charge is -2.26. The van der Waals surface area contributed by atoms with Crippen LogP contribution in [0.15, 0.2) is 12.4 Å². The van der Waals surface area contributed by atoms with E-state index in [1.807, 2.05) is 26.4 Å². The molecule has 0 unspecified atom stereocenters. The Morgan fingerprint density at radius 1 is 1.35 bits per heavy atom. The highest BCUT2D eigenvalue weighted by atomic mass is 16.3. The maximum absolute atomic E-state index is 9.25. The van der Waals surface area contributed by atoms with Crippen molar-refractivity contribution in [2.75, 3.05) is 19.0 Å². The van der Waals surface area contributed by atoms with E-state index >= 15 is 0 Å². The van der Waals surface area contributed by atoms with Gasteiger partial charge < -0.3 is 10.4 Å². The van der Waals surface area contributed by atoms with Crippen LogP contribution in [0.4, 0.5) is 5.82 Å². The number of aryl methyl sites for hydroxylation is 1. The molecule has 2 N–H and O–H groups in total. The highest BCUT2D eigenvalue weighted by molar-refractivity contribution is 5.71. The molecule has 0 aromatic carbocycles. The van der Waals surface area contributed by atoms with Crippen LogP contribution in [0.3, 0.4) is 0 Å². The van der Waals surface area contributed by atoms with Gasteiger partial charge >= 0.3 is 0 Å². The molecule has 0 bridgehead atoms. The Kier molecular flexibility index (Phi) is 3.61. The first-order valence-corrected chi connectivity index (χ1v) is 7.36. The third-order valence-electron chi connectivity index (χ3n) is 4.46. The Morgan fingerprint density at radius 2 is 2.10 bits per heavy atom. The van der Waals surface area contributed by atoms with Crippen LogP contribution in [0.25, 0.3) is 5.52 Å². The number of rotatable bonds is 3. The molecule has 0 spiro atoms. The fraction of sp³-hybridized carbons (Fsp3) is 0.600. The molecule has 0 saturated heterocycles. The molecule has 2 aromatic rings. The third kappa shape index (κ3) is 2.16. The molecule has 5 heteroatoms. The summed E-state index contributed by atoms with van der Waals surface area (Å²) in [6, 6.07) is 0. The minimum absolute atomic E-state index is 0.321. The van der Waals surface area contributed by atoms with Crippen molar-refractivity contribution in [3.63, 3.8) is 0 Å². The molecule has 20 heavy (non-hydrogen) atoms. The van der Waals surface area contributed by atoms with Crippen LogP contribution < -0.4 is 5.32 Å². The quantitative estimate of drug-likeness (QED) is 0.902. The number of aliphatic hydroxyl groups excluding tert-OH is 1. The van der Waals surface area contributed by atoms with E-state index in [0.29, 0.717) is 18.4 Å². The average Bonchev–Trinajstić information content (AvgIpc) is 2.85. The highest BCUT2D eigenvalue weighted by Crippen LogP contribution is 2.36. The lowest BCUT2D eigenvalue weighted by molar-refractivity contribution is 0.181. The van der Waals surface area contributed by atoms with E-state index in [1.54, 1.807) is 0 Å². The Morgan fingerprint density at radius 3 is 2.75 bits per heavy atom.